The Hall–Kier alpha value is -1.43. The van der Waals surface area contributed by atoms with Gasteiger partial charge in [0, 0.05) is 18.9 Å². The lowest BCUT2D eigenvalue weighted by Gasteiger charge is -2.19. The summed E-state index contributed by atoms with van der Waals surface area (Å²) < 4.78 is 19.0. The molecular weight excluding hydrogens is 203 g/mol. The van der Waals surface area contributed by atoms with Crippen LogP contribution in [0.3, 0.4) is 0 Å². The zero-order chi connectivity index (χ0) is 11.6. The van der Waals surface area contributed by atoms with Gasteiger partial charge in [0.05, 0.1) is 0 Å². The van der Waals surface area contributed by atoms with Crippen molar-refractivity contribution >= 4 is 0 Å². The third kappa shape index (κ3) is 2.33. The van der Waals surface area contributed by atoms with Gasteiger partial charge in [0.25, 0.3) is 5.56 Å². The molecule has 0 aromatic carbocycles. The molecule has 0 fully saturated rings. The predicted octanol–water partition coefficient (Wildman–Crippen LogP) is 0.348. The minimum Gasteiger partial charge on any atom is -0.358 e. The Kier molecular flexibility index (Phi) is 3.41. The average Bonchev–Trinajstić information content (AvgIpc) is 2.14. The van der Waals surface area contributed by atoms with E-state index in [1.165, 1.54) is 27.2 Å². The van der Waals surface area contributed by atoms with Gasteiger partial charge >= 0.3 is 5.69 Å². The molecule has 0 bridgehead atoms. The molecule has 1 aromatic heterocycles. The quantitative estimate of drug-likeness (QED) is 0.792. The third-order valence-corrected chi connectivity index (χ3v) is 2.05. The first-order valence-electron chi connectivity index (χ1n) is 4.46. The van der Waals surface area contributed by atoms with Crippen LogP contribution >= 0.6 is 0 Å². The van der Waals surface area contributed by atoms with Gasteiger partial charge in [0.2, 0.25) is 0 Å². The van der Waals surface area contributed by atoms with E-state index in [9.17, 15) is 14.0 Å². The summed E-state index contributed by atoms with van der Waals surface area (Å²) in [5, 5.41) is 0. The van der Waals surface area contributed by atoms with Crippen molar-refractivity contribution in [3.05, 3.63) is 32.6 Å². The van der Waals surface area contributed by atoms with E-state index in [0.29, 0.717) is 5.56 Å². The Morgan fingerprint density at radius 3 is 2.60 bits per heavy atom. The van der Waals surface area contributed by atoms with E-state index in [0.717, 1.165) is 4.57 Å². The molecular formula is C9H13FN2O3. The smallest absolute Gasteiger partial charge is 0.330 e. The molecule has 0 aliphatic heterocycles. The van der Waals surface area contributed by atoms with Crippen LogP contribution in [-0.4, -0.2) is 22.8 Å². The summed E-state index contributed by atoms with van der Waals surface area (Å²) in [5.74, 6) is 0. The van der Waals surface area contributed by atoms with Crippen LogP contribution in [0.5, 0.6) is 0 Å². The predicted molar refractivity (Wildman–Crippen MR) is 52.7 cm³/mol. The van der Waals surface area contributed by atoms with Gasteiger partial charge in [-0.25, -0.2) is 9.18 Å². The van der Waals surface area contributed by atoms with Crippen molar-refractivity contribution < 1.29 is 9.13 Å². The van der Waals surface area contributed by atoms with Gasteiger partial charge in [-0.05, 0) is 13.8 Å². The molecule has 0 spiro atoms. The van der Waals surface area contributed by atoms with Gasteiger partial charge in [-0.3, -0.25) is 14.3 Å². The van der Waals surface area contributed by atoms with Crippen LogP contribution in [0.4, 0.5) is 4.39 Å². The lowest BCUT2D eigenvalue weighted by atomic mass is 10.3. The lowest BCUT2D eigenvalue weighted by molar-refractivity contribution is -0.0174. The van der Waals surface area contributed by atoms with Crippen molar-refractivity contribution in [2.24, 2.45) is 0 Å². The summed E-state index contributed by atoms with van der Waals surface area (Å²) in [6.45, 7) is 2.81. The number of halogens is 1. The minimum atomic E-state index is -1.35. The van der Waals surface area contributed by atoms with Crippen LogP contribution in [0.15, 0.2) is 15.8 Å². The first-order chi connectivity index (χ1) is 6.97. The highest BCUT2D eigenvalue weighted by atomic mass is 19.1. The normalized spacial score (nSPS) is 14.9. The number of rotatable bonds is 3. The second-order valence-corrected chi connectivity index (χ2v) is 3.28. The summed E-state index contributed by atoms with van der Waals surface area (Å²) in [7, 11) is 1.30. The van der Waals surface area contributed by atoms with Crippen LogP contribution in [-0.2, 0) is 4.74 Å². The molecule has 0 saturated heterocycles. The van der Waals surface area contributed by atoms with Crippen molar-refractivity contribution in [1.29, 1.82) is 0 Å². The average molecular weight is 216 g/mol. The van der Waals surface area contributed by atoms with E-state index in [1.807, 2.05) is 0 Å². The molecule has 0 aliphatic carbocycles. The molecule has 2 unspecified atom stereocenters. The zero-order valence-electron chi connectivity index (χ0n) is 8.78. The van der Waals surface area contributed by atoms with E-state index >= 15 is 0 Å². The van der Waals surface area contributed by atoms with E-state index in [2.05, 4.69) is 4.98 Å². The second kappa shape index (κ2) is 4.39. The standard InChI is InChI=1S/C9H13FN2O3/c1-5-4-12(8(15-3)6(2)10)9(14)11-7(5)13/h4,6,8H,1-3H3,(H,11,13,14). The number of aromatic amines is 1. The van der Waals surface area contributed by atoms with Crippen molar-refractivity contribution in [2.75, 3.05) is 7.11 Å². The first-order valence-corrected chi connectivity index (χ1v) is 4.46. The SMILES string of the molecule is COC(C(C)F)n1cc(C)c(=O)[nH]c1=O. The summed E-state index contributed by atoms with van der Waals surface area (Å²) in [4.78, 5) is 24.5. The van der Waals surface area contributed by atoms with E-state index in [1.54, 1.807) is 0 Å². The number of nitrogens with one attached hydrogen (secondary N) is 1. The number of aromatic nitrogens is 2. The van der Waals surface area contributed by atoms with Crippen LogP contribution in [0, 0.1) is 6.92 Å². The monoisotopic (exact) mass is 216 g/mol. The molecule has 0 amide bonds. The van der Waals surface area contributed by atoms with E-state index in [4.69, 9.17) is 4.74 Å². The van der Waals surface area contributed by atoms with Crippen molar-refractivity contribution in [3.8, 4) is 0 Å². The Morgan fingerprint density at radius 1 is 1.53 bits per heavy atom. The first kappa shape index (κ1) is 11.6. The molecule has 84 valence electrons. The number of ether oxygens (including phenoxy) is 1. The summed E-state index contributed by atoms with van der Waals surface area (Å²) in [5.41, 5.74) is -0.822. The van der Waals surface area contributed by atoms with Gasteiger partial charge in [0.15, 0.2) is 6.23 Å². The number of aryl methyl sites for hydroxylation is 1. The molecule has 1 N–H and O–H groups in total. The Labute approximate surface area is 85.5 Å². The summed E-state index contributed by atoms with van der Waals surface area (Å²) >= 11 is 0. The summed E-state index contributed by atoms with van der Waals surface area (Å²) in [6, 6.07) is 0. The van der Waals surface area contributed by atoms with Crippen LogP contribution in [0.25, 0.3) is 0 Å². The fraction of sp³-hybridized carbons (Fsp3) is 0.556. The van der Waals surface area contributed by atoms with Crippen molar-refractivity contribution in [3.63, 3.8) is 0 Å². The van der Waals surface area contributed by atoms with Gasteiger partial charge < -0.3 is 4.74 Å². The van der Waals surface area contributed by atoms with Gasteiger partial charge in [-0.2, -0.15) is 0 Å². The lowest BCUT2D eigenvalue weighted by Crippen LogP contribution is -2.36. The van der Waals surface area contributed by atoms with Gasteiger partial charge in [-0.1, -0.05) is 0 Å². The number of methoxy groups -OCH3 is 1. The number of H-pyrrole nitrogens is 1. The maximum Gasteiger partial charge on any atom is 0.330 e. The van der Waals surface area contributed by atoms with Crippen LogP contribution in [0.2, 0.25) is 0 Å². The van der Waals surface area contributed by atoms with Gasteiger partial charge in [-0.15, -0.1) is 0 Å². The van der Waals surface area contributed by atoms with Gasteiger partial charge in [0.1, 0.15) is 6.17 Å². The molecule has 1 aromatic rings. The fourth-order valence-corrected chi connectivity index (χ4v) is 1.30. The molecule has 5 nitrogen and oxygen atoms in total. The number of alkyl halides is 1. The van der Waals surface area contributed by atoms with Crippen LogP contribution in [0.1, 0.15) is 18.7 Å². The molecule has 0 aliphatic rings. The number of nitrogens with zero attached hydrogens (tertiary/aromatic N) is 1. The van der Waals surface area contributed by atoms with E-state index in [-0.39, 0.29) is 0 Å². The molecule has 1 heterocycles. The molecule has 6 heteroatoms. The Balaban J connectivity index is 3.31. The molecule has 0 saturated carbocycles. The fourth-order valence-electron chi connectivity index (χ4n) is 1.30. The zero-order valence-corrected chi connectivity index (χ0v) is 8.78. The topological polar surface area (TPSA) is 64.1 Å². The molecule has 0 radical (unpaired) electrons. The second-order valence-electron chi connectivity index (χ2n) is 3.28. The van der Waals surface area contributed by atoms with E-state index < -0.39 is 23.6 Å². The third-order valence-electron chi connectivity index (χ3n) is 2.05. The molecule has 15 heavy (non-hydrogen) atoms. The maximum atomic E-state index is 13.1. The highest BCUT2D eigenvalue weighted by Gasteiger charge is 2.19. The largest absolute Gasteiger partial charge is 0.358 e. The Morgan fingerprint density at radius 2 is 2.13 bits per heavy atom. The molecule has 2 atom stereocenters. The molecule has 1 rings (SSSR count). The Bertz CT molecular complexity index is 449. The highest BCUT2D eigenvalue weighted by molar-refractivity contribution is 5.01. The van der Waals surface area contributed by atoms with Crippen LogP contribution < -0.4 is 11.2 Å². The number of hydrogen-bond acceptors (Lipinski definition) is 3. The summed E-state index contributed by atoms with van der Waals surface area (Å²) in [6.07, 6.45) is -1.09. The maximum absolute atomic E-state index is 13.1. The highest BCUT2D eigenvalue weighted by Crippen LogP contribution is 2.12. The minimum absolute atomic E-state index is 0.331. The van der Waals surface area contributed by atoms with Crippen molar-refractivity contribution in [2.45, 2.75) is 26.2 Å². The number of hydrogen-bond donors (Lipinski definition) is 1. The van der Waals surface area contributed by atoms with Crippen molar-refractivity contribution in [1.82, 2.24) is 9.55 Å².